The number of hydrogen-bond acceptors (Lipinski definition) is 2. The quantitative estimate of drug-likeness (QED) is 0.577. The Balaban J connectivity index is 2.57. The normalized spacial score (nSPS) is 23.2. The van der Waals surface area contributed by atoms with Crippen molar-refractivity contribution in [2.75, 3.05) is 0 Å². The van der Waals surface area contributed by atoms with Gasteiger partial charge in [0.25, 0.3) is 0 Å². The third-order valence-electron chi connectivity index (χ3n) is 2.05. The molecule has 1 atom stereocenters. The molecule has 0 aliphatic heterocycles. The van der Waals surface area contributed by atoms with Crippen LogP contribution >= 0.6 is 0 Å². The summed E-state index contributed by atoms with van der Waals surface area (Å²) in [4.78, 5) is 0. The predicted molar refractivity (Wildman–Crippen MR) is 45.8 cm³/mol. The molecule has 0 aromatic heterocycles. The van der Waals surface area contributed by atoms with Gasteiger partial charge < -0.3 is 10.0 Å². The molecule has 0 saturated carbocycles. The van der Waals surface area contributed by atoms with Crippen molar-refractivity contribution in [3.63, 3.8) is 0 Å². The van der Waals surface area contributed by atoms with Crippen molar-refractivity contribution < 1.29 is 10.0 Å². The molecule has 0 radical (unpaired) electrons. The Morgan fingerprint density at radius 1 is 1.64 bits per heavy atom. The van der Waals surface area contributed by atoms with Crippen molar-refractivity contribution in [1.29, 1.82) is 0 Å². The van der Waals surface area contributed by atoms with E-state index < -0.39 is 7.12 Å². The molecule has 1 aliphatic carbocycles. The SMILES string of the molecule is CCC1C=CC=C(B(O)O)C1. The van der Waals surface area contributed by atoms with Gasteiger partial charge in [0.05, 0.1) is 0 Å². The van der Waals surface area contributed by atoms with Gasteiger partial charge in [-0.3, -0.25) is 0 Å². The van der Waals surface area contributed by atoms with Crippen LogP contribution in [0.5, 0.6) is 0 Å². The van der Waals surface area contributed by atoms with E-state index in [1.165, 1.54) is 0 Å². The van der Waals surface area contributed by atoms with E-state index in [2.05, 4.69) is 13.0 Å². The first-order valence-electron chi connectivity index (χ1n) is 3.97. The van der Waals surface area contributed by atoms with Crippen molar-refractivity contribution in [2.45, 2.75) is 19.8 Å². The van der Waals surface area contributed by atoms with E-state index in [0.29, 0.717) is 5.92 Å². The van der Waals surface area contributed by atoms with Crippen LogP contribution in [0.15, 0.2) is 23.7 Å². The summed E-state index contributed by atoms with van der Waals surface area (Å²) in [5.41, 5.74) is 0.722. The summed E-state index contributed by atoms with van der Waals surface area (Å²) in [6.45, 7) is 2.10. The fourth-order valence-corrected chi connectivity index (χ4v) is 1.25. The van der Waals surface area contributed by atoms with E-state index in [4.69, 9.17) is 10.0 Å². The van der Waals surface area contributed by atoms with Crippen molar-refractivity contribution in [3.8, 4) is 0 Å². The van der Waals surface area contributed by atoms with Crippen LogP contribution < -0.4 is 0 Å². The molecular formula is C8H13BO2. The molecule has 3 heteroatoms. The largest absolute Gasteiger partial charge is 0.484 e. The second-order valence-corrected chi connectivity index (χ2v) is 2.87. The first-order chi connectivity index (χ1) is 5.24. The van der Waals surface area contributed by atoms with Gasteiger partial charge >= 0.3 is 7.12 Å². The Kier molecular flexibility index (Phi) is 2.91. The van der Waals surface area contributed by atoms with Gasteiger partial charge in [0.1, 0.15) is 0 Å². The lowest BCUT2D eigenvalue weighted by Gasteiger charge is -2.15. The molecule has 1 aliphatic rings. The highest BCUT2D eigenvalue weighted by Gasteiger charge is 2.18. The van der Waals surface area contributed by atoms with E-state index in [-0.39, 0.29) is 0 Å². The van der Waals surface area contributed by atoms with Crippen molar-refractivity contribution >= 4 is 7.12 Å². The summed E-state index contributed by atoms with van der Waals surface area (Å²) in [7, 11) is -1.27. The summed E-state index contributed by atoms with van der Waals surface area (Å²) in [5, 5.41) is 17.7. The van der Waals surface area contributed by atoms with Gasteiger partial charge in [-0.25, -0.2) is 0 Å². The summed E-state index contributed by atoms with van der Waals surface area (Å²) in [6, 6.07) is 0. The number of rotatable bonds is 2. The van der Waals surface area contributed by atoms with E-state index in [0.717, 1.165) is 18.3 Å². The Morgan fingerprint density at radius 2 is 2.36 bits per heavy atom. The van der Waals surface area contributed by atoms with Gasteiger partial charge in [0.2, 0.25) is 0 Å². The smallest absolute Gasteiger partial charge is 0.423 e. The summed E-state index contributed by atoms with van der Waals surface area (Å²) in [5.74, 6) is 0.483. The van der Waals surface area contributed by atoms with Gasteiger partial charge in [0, 0.05) is 0 Å². The van der Waals surface area contributed by atoms with Gasteiger partial charge in [-0.15, -0.1) is 0 Å². The van der Waals surface area contributed by atoms with E-state index in [1.807, 2.05) is 6.08 Å². The van der Waals surface area contributed by atoms with Crippen LogP contribution in [-0.4, -0.2) is 17.2 Å². The average Bonchev–Trinajstić information content (AvgIpc) is 2.05. The molecule has 0 aromatic rings. The minimum atomic E-state index is -1.27. The second-order valence-electron chi connectivity index (χ2n) is 2.87. The summed E-state index contributed by atoms with van der Waals surface area (Å²) < 4.78 is 0. The van der Waals surface area contributed by atoms with Crippen molar-refractivity contribution in [1.82, 2.24) is 0 Å². The highest BCUT2D eigenvalue weighted by molar-refractivity contribution is 6.50. The first kappa shape index (κ1) is 8.56. The molecule has 0 aromatic carbocycles. The minimum Gasteiger partial charge on any atom is -0.423 e. The lowest BCUT2D eigenvalue weighted by Crippen LogP contribution is -2.18. The Morgan fingerprint density at radius 3 is 2.91 bits per heavy atom. The molecule has 2 nitrogen and oxygen atoms in total. The molecule has 1 rings (SSSR count). The van der Waals surface area contributed by atoms with Crippen LogP contribution in [0, 0.1) is 5.92 Å². The molecule has 0 saturated heterocycles. The second kappa shape index (κ2) is 3.74. The third kappa shape index (κ3) is 2.21. The van der Waals surface area contributed by atoms with E-state index in [1.54, 1.807) is 6.08 Å². The molecule has 0 spiro atoms. The van der Waals surface area contributed by atoms with Gasteiger partial charge in [-0.05, 0) is 24.2 Å². The zero-order chi connectivity index (χ0) is 8.27. The average molecular weight is 152 g/mol. The molecule has 0 amide bonds. The van der Waals surface area contributed by atoms with Crippen LogP contribution in [0.25, 0.3) is 0 Å². The Bertz CT molecular complexity index is 185. The predicted octanol–water partition coefficient (Wildman–Crippen LogP) is 0.911. The van der Waals surface area contributed by atoms with Crippen molar-refractivity contribution in [3.05, 3.63) is 23.7 Å². The van der Waals surface area contributed by atoms with Gasteiger partial charge in [-0.2, -0.15) is 0 Å². The number of allylic oxidation sites excluding steroid dienone is 4. The fraction of sp³-hybridized carbons (Fsp3) is 0.500. The van der Waals surface area contributed by atoms with Crippen molar-refractivity contribution in [2.24, 2.45) is 5.92 Å². The molecule has 11 heavy (non-hydrogen) atoms. The molecular weight excluding hydrogens is 139 g/mol. The van der Waals surface area contributed by atoms with E-state index >= 15 is 0 Å². The third-order valence-corrected chi connectivity index (χ3v) is 2.05. The minimum absolute atomic E-state index is 0.483. The first-order valence-corrected chi connectivity index (χ1v) is 3.97. The van der Waals surface area contributed by atoms with Crippen LogP contribution in [0.4, 0.5) is 0 Å². The standard InChI is InChI=1S/C8H13BO2/c1-2-7-4-3-5-8(6-7)9(10)11/h3-5,7,10-11H,2,6H2,1H3. The number of hydrogen-bond donors (Lipinski definition) is 2. The molecule has 60 valence electrons. The Labute approximate surface area is 67.4 Å². The zero-order valence-corrected chi connectivity index (χ0v) is 6.70. The van der Waals surface area contributed by atoms with Crippen LogP contribution in [0.2, 0.25) is 0 Å². The van der Waals surface area contributed by atoms with Gasteiger partial charge in [-0.1, -0.05) is 25.2 Å². The highest BCUT2D eigenvalue weighted by atomic mass is 16.4. The topological polar surface area (TPSA) is 40.5 Å². The van der Waals surface area contributed by atoms with Crippen LogP contribution in [-0.2, 0) is 0 Å². The summed E-state index contributed by atoms with van der Waals surface area (Å²) >= 11 is 0. The molecule has 2 N–H and O–H groups in total. The zero-order valence-electron chi connectivity index (χ0n) is 6.70. The lowest BCUT2D eigenvalue weighted by atomic mass is 9.72. The van der Waals surface area contributed by atoms with E-state index in [9.17, 15) is 0 Å². The maximum Gasteiger partial charge on any atom is 0.484 e. The Hall–Kier alpha value is -0.535. The maximum atomic E-state index is 8.84. The maximum absolute atomic E-state index is 8.84. The monoisotopic (exact) mass is 152 g/mol. The molecule has 0 bridgehead atoms. The molecule has 1 unspecified atom stereocenters. The lowest BCUT2D eigenvalue weighted by molar-refractivity contribution is 0.412. The molecule has 0 fully saturated rings. The highest BCUT2D eigenvalue weighted by Crippen LogP contribution is 2.21. The summed E-state index contributed by atoms with van der Waals surface area (Å²) in [6.07, 6.45) is 7.61. The molecule has 0 heterocycles. The van der Waals surface area contributed by atoms with Crippen LogP contribution in [0.3, 0.4) is 0 Å². The van der Waals surface area contributed by atoms with Crippen LogP contribution in [0.1, 0.15) is 19.8 Å². The fourth-order valence-electron chi connectivity index (χ4n) is 1.25. The van der Waals surface area contributed by atoms with Gasteiger partial charge in [0.15, 0.2) is 0 Å².